The van der Waals surface area contributed by atoms with Gasteiger partial charge in [-0.05, 0) is 29.5 Å². The first-order chi connectivity index (χ1) is 15.0. The molecule has 3 rings (SSSR count). The zero-order valence-corrected chi connectivity index (χ0v) is 17.0. The van der Waals surface area contributed by atoms with Crippen LogP contribution in [0.3, 0.4) is 0 Å². The van der Waals surface area contributed by atoms with Crippen LogP contribution < -0.4 is 14.9 Å². The Hall–Kier alpha value is -3.99. The monoisotopic (exact) mass is 444 g/mol. The Morgan fingerprint density at radius 2 is 2.06 bits per heavy atom. The van der Waals surface area contributed by atoms with E-state index in [9.17, 15) is 9.59 Å². The Morgan fingerprint density at radius 3 is 2.81 bits per heavy atom. The van der Waals surface area contributed by atoms with E-state index in [1.165, 1.54) is 13.3 Å². The van der Waals surface area contributed by atoms with Gasteiger partial charge in [-0.25, -0.2) is 10.2 Å². The van der Waals surface area contributed by atoms with Crippen molar-refractivity contribution in [2.75, 3.05) is 13.7 Å². The molecule has 0 saturated heterocycles. The van der Waals surface area contributed by atoms with Crippen molar-refractivity contribution < 1.29 is 24.2 Å². The van der Waals surface area contributed by atoms with Gasteiger partial charge in [0, 0.05) is 11.1 Å². The van der Waals surface area contributed by atoms with Crippen LogP contribution in [0.1, 0.15) is 5.56 Å². The topological polar surface area (TPSA) is 141 Å². The maximum absolute atomic E-state index is 12.1. The van der Waals surface area contributed by atoms with Crippen LogP contribution in [0.4, 0.5) is 0 Å². The fourth-order valence-corrected chi connectivity index (χ4v) is 2.70. The molecule has 0 aliphatic carbocycles. The fourth-order valence-electron chi connectivity index (χ4n) is 2.48. The third-order valence-electron chi connectivity index (χ3n) is 3.81. The molecule has 1 heterocycles. The van der Waals surface area contributed by atoms with E-state index in [2.05, 4.69) is 25.9 Å². The number of carboxylic acid groups (broad SMARTS) is 1. The second-order valence-corrected chi connectivity index (χ2v) is 6.38. The Balaban J connectivity index is 1.64. The van der Waals surface area contributed by atoms with Gasteiger partial charge < -0.3 is 14.6 Å². The van der Waals surface area contributed by atoms with Crippen molar-refractivity contribution in [3.63, 3.8) is 0 Å². The predicted octanol–water partition coefficient (Wildman–Crippen LogP) is 1.62. The average Bonchev–Trinajstić information content (AvgIpc) is 3.20. The Kier molecular flexibility index (Phi) is 7.12. The van der Waals surface area contributed by atoms with Gasteiger partial charge in [-0.2, -0.15) is 9.90 Å². The van der Waals surface area contributed by atoms with Crippen molar-refractivity contribution in [2.24, 2.45) is 5.10 Å². The minimum atomic E-state index is -1.14. The summed E-state index contributed by atoms with van der Waals surface area (Å²) in [5.74, 6) is -0.837. The summed E-state index contributed by atoms with van der Waals surface area (Å²) in [6.07, 6.45) is 1.31. The molecule has 1 amide bonds. The number of hydrazone groups is 1. The van der Waals surface area contributed by atoms with Crippen LogP contribution in [0, 0.1) is 0 Å². The Bertz CT molecular complexity index is 1120. The summed E-state index contributed by atoms with van der Waals surface area (Å²) >= 11 is 6.11. The van der Waals surface area contributed by atoms with Crippen LogP contribution in [0.2, 0.25) is 5.02 Å². The molecule has 1 aromatic heterocycles. The van der Waals surface area contributed by atoms with Gasteiger partial charge in [0.25, 0.3) is 5.91 Å². The number of ether oxygens (including phenoxy) is 2. The number of para-hydroxylation sites is 1. The number of methoxy groups -OCH3 is 1. The van der Waals surface area contributed by atoms with Crippen molar-refractivity contribution >= 4 is 29.7 Å². The molecule has 0 atom stereocenters. The number of halogens is 1. The molecular formula is C19H17ClN6O5. The van der Waals surface area contributed by atoms with E-state index in [0.29, 0.717) is 27.7 Å². The number of nitrogens with one attached hydrogen (secondary N) is 1. The minimum Gasteiger partial charge on any atom is -0.493 e. The van der Waals surface area contributed by atoms with Crippen molar-refractivity contribution in [1.29, 1.82) is 0 Å². The minimum absolute atomic E-state index is 0.188. The molecular weight excluding hydrogens is 428 g/mol. The number of carboxylic acids is 1. The maximum Gasteiger partial charge on any atom is 0.341 e. The van der Waals surface area contributed by atoms with E-state index in [1.54, 1.807) is 42.5 Å². The molecule has 0 saturated carbocycles. The van der Waals surface area contributed by atoms with Crippen LogP contribution in [0.25, 0.3) is 11.4 Å². The first-order valence-corrected chi connectivity index (χ1v) is 9.22. The molecule has 0 unspecified atom stereocenters. The van der Waals surface area contributed by atoms with E-state index in [-0.39, 0.29) is 12.3 Å². The highest BCUT2D eigenvalue weighted by atomic mass is 35.5. The standard InChI is InChI=1S/C19H17ClN6O5/c1-30-15-8-4-5-12(18(15)31-11-17(28)29)9-21-22-16(27)10-26-24-19(23-25-26)13-6-2-3-7-14(13)20/h2-9H,10-11H2,1H3,(H,22,27)(H,28,29)/b21-9-. The highest BCUT2D eigenvalue weighted by Crippen LogP contribution is 2.30. The molecule has 0 fully saturated rings. The van der Waals surface area contributed by atoms with Crippen LogP contribution in [0.5, 0.6) is 11.5 Å². The van der Waals surface area contributed by atoms with Crippen molar-refractivity contribution in [1.82, 2.24) is 25.6 Å². The number of aromatic nitrogens is 4. The Morgan fingerprint density at radius 1 is 1.26 bits per heavy atom. The quantitative estimate of drug-likeness (QED) is 0.374. The van der Waals surface area contributed by atoms with Gasteiger partial charge in [-0.3, -0.25) is 4.79 Å². The number of hydrogen-bond donors (Lipinski definition) is 2. The summed E-state index contributed by atoms with van der Waals surface area (Å²) in [7, 11) is 1.42. The zero-order valence-electron chi connectivity index (χ0n) is 16.2. The molecule has 11 nitrogen and oxygen atoms in total. The third-order valence-corrected chi connectivity index (χ3v) is 4.14. The first kappa shape index (κ1) is 21.7. The van der Waals surface area contributed by atoms with Crippen LogP contribution in [0.15, 0.2) is 47.6 Å². The predicted molar refractivity (Wildman–Crippen MR) is 110 cm³/mol. The molecule has 0 aliphatic rings. The van der Waals surface area contributed by atoms with Gasteiger partial charge >= 0.3 is 5.97 Å². The van der Waals surface area contributed by atoms with Gasteiger partial charge in [-0.15, -0.1) is 10.2 Å². The number of carbonyl (C=O) groups is 2. The molecule has 12 heteroatoms. The number of amides is 1. The van der Waals surface area contributed by atoms with Crippen LogP contribution in [-0.2, 0) is 16.1 Å². The van der Waals surface area contributed by atoms with Crippen LogP contribution >= 0.6 is 11.6 Å². The molecule has 31 heavy (non-hydrogen) atoms. The molecule has 2 aromatic carbocycles. The summed E-state index contributed by atoms with van der Waals surface area (Å²) < 4.78 is 10.4. The smallest absolute Gasteiger partial charge is 0.341 e. The molecule has 160 valence electrons. The lowest BCUT2D eigenvalue weighted by molar-refractivity contribution is -0.139. The molecule has 0 radical (unpaired) electrons. The lowest BCUT2D eigenvalue weighted by Gasteiger charge is -2.11. The van der Waals surface area contributed by atoms with Gasteiger partial charge in [0.05, 0.1) is 18.3 Å². The largest absolute Gasteiger partial charge is 0.493 e. The summed E-state index contributed by atoms with van der Waals surface area (Å²) in [5.41, 5.74) is 3.35. The van der Waals surface area contributed by atoms with Crippen molar-refractivity contribution in [2.45, 2.75) is 6.54 Å². The summed E-state index contributed by atoms with van der Waals surface area (Å²) in [5, 5.41) is 25.0. The van der Waals surface area contributed by atoms with Gasteiger partial charge in [0.2, 0.25) is 5.82 Å². The second kappa shape index (κ2) is 10.2. The van der Waals surface area contributed by atoms with E-state index in [4.69, 9.17) is 26.2 Å². The number of rotatable bonds is 9. The number of tetrazole rings is 1. The van der Waals surface area contributed by atoms with E-state index < -0.39 is 18.5 Å². The zero-order chi connectivity index (χ0) is 22.2. The number of hydrogen-bond acceptors (Lipinski definition) is 8. The number of benzene rings is 2. The number of nitrogens with zero attached hydrogens (tertiary/aromatic N) is 5. The third kappa shape index (κ3) is 5.76. The van der Waals surface area contributed by atoms with E-state index in [1.807, 2.05) is 0 Å². The van der Waals surface area contributed by atoms with E-state index >= 15 is 0 Å². The second-order valence-electron chi connectivity index (χ2n) is 5.98. The molecule has 0 bridgehead atoms. The summed E-state index contributed by atoms with van der Waals surface area (Å²) in [4.78, 5) is 24.0. The highest BCUT2D eigenvalue weighted by Gasteiger charge is 2.13. The molecule has 3 aromatic rings. The number of aliphatic carboxylic acids is 1. The number of carbonyl (C=O) groups excluding carboxylic acids is 1. The van der Waals surface area contributed by atoms with Crippen molar-refractivity contribution in [3.05, 3.63) is 53.1 Å². The van der Waals surface area contributed by atoms with Crippen LogP contribution in [-0.4, -0.2) is 57.1 Å². The van der Waals surface area contributed by atoms with Crippen molar-refractivity contribution in [3.8, 4) is 22.9 Å². The first-order valence-electron chi connectivity index (χ1n) is 8.84. The SMILES string of the molecule is COc1cccc(/C=N\NC(=O)Cn2nnc(-c3ccccc3Cl)n2)c1OCC(=O)O. The molecule has 0 spiro atoms. The average molecular weight is 445 g/mol. The van der Waals surface area contributed by atoms with Gasteiger partial charge in [0.1, 0.15) is 6.54 Å². The lowest BCUT2D eigenvalue weighted by Crippen LogP contribution is -2.24. The summed E-state index contributed by atoms with van der Waals surface area (Å²) in [6, 6.07) is 11.9. The van der Waals surface area contributed by atoms with Gasteiger partial charge in [-0.1, -0.05) is 29.8 Å². The van der Waals surface area contributed by atoms with Gasteiger partial charge in [0.15, 0.2) is 18.1 Å². The van der Waals surface area contributed by atoms with E-state index in [0.717, 1.165) is 4.80 Å². The normalized spacial score (nSPS) is 10.8. The highest BCUT2D eigenvalue weighted by molar-refractivity contribution is 6.33. The lowest BCUT2D eigenvalue weighted by atomic mass is 10.2. The molecule has 0 aliphatic heterocycles. The summed E-state index contributed by atoms with van der Waals surface area (Å²) in [6.45, 7) is -0.783. The Labute approximate surface area is 181 Å². The molecule has 2 N–H and O–H groups in total. The fraction of sp³-hybridized carbons (Fsp3) is 0.158. The maximum atomic E-state index is 12.1.